The van der Waals surface area contributed by atoms with Crippen molar-refractivity contribution < 1.29 is 22.8 Å². The van der Waals surface area contributed by atoms with Crippen molar-refractivity contribution in [2.24, 2.45) is 0 Å². The number of likely N-dealkylation sites (tertiary alicyclic amines) is 1. The molecule has 0 bridgehead atoms. The van der Waals surface area contributed by atoms with Crippen molar-refractivity contribution in [1.29, 1.82) is 0 Å². The molecule has 1 aromatic rings. The van der Waals surface area contributed by atoms with Gasteiger partial charge in [-0.3, -0.25) is 9.59 Å². The molecule has 10 heteroatoms. The zero-order valence-corrected chi connectivity index (χ0v) is 12.9. The summed E-state index contributed by atoms with van der Waals surface area (Å²) in [6, 6.07) is -2.48. The van der Waals surface area contributed by atoms with E-state index in [1.54, 1.807) is 0 Å². The molecule has 2 rings (SSSR count). The van der Waals surface area contributed by atoms with Crippen molar-refractivity contribution in [3.8, 4) is 0 Å². The van der Waals surface area contributed by atoms with Crippen molar-refractivity contribution in [2.45, 2.75) is 38.0 Å². The van der Waals surface area contributed by atoms with Gasteiger partial charge in [0.15, 0.2) is 0 Å². The summed E-state index contributed by atoms with van der Waals surface area (Å²) in [5.41, 5.74) is -0.292. The van der Waals surface area contributed by atoms with E-state index in [0.29, 0.717) is 4.90 Å². The van der Waals surface area contributed by atoms with E-state index < -0.39 is 24.2 Å². The van der Waals surface area contributed by atoms with Crippen molar-refractivity contribution in [1.82, 2.24) is 20.2 Å². The van der Waals surface area contributed by atoms with Gasteiger partial charge in [0.25, 0.3) is 5.91 Å². The van der Waals surface area contributed by atoms with Gasteiger partial charge in [0, 0.05) is 25.7 Å². The van der Waals surface area contributed by atoms with E-state index in [-0.39, 0.29) is 36.0 Å². The standard InChI is InChI=1S/C13H14ClF3N4O2/c1-7(22)20-8-2-3-10(13(15,16)17)21(5-8)12(23)11-9(14)4-18-6-19-11/h4,6,8,10H,2-3,5H2,1H3,(H,20,22)/t8-,10+/m0/s1. The van der Waals surface area contributed by atoms with Gasteiger partial charge in [-0.1, -0.05) is 11.6 Å². The summed E-state index contributed by atoms with van der Waals surface area (Å²) in [7, 11) is 0. The van der Waals surface area contributed by atoms with Crippen LogP contribution >= 0.6 is 11.6 Å². The summed E-state index contributed by atoms with van der Waals surface area (Å²) in [5.74, 6) is -1.30. The number of amides is 2. The Morgan fingerprint density at radius 2 is 2.09 bits per heavy atom. The van der Waals surface area contributed by atoms with E-state index >= 15 is 0 Å². The summed E-state index contributed by atoms with van der Waals surface area (Å²) in [4.78, 5) is 31.5. The maximum Gasteiger partial charge on any atom is 0.408 e. The lowest BCUT2D eigenvalue weighted by Gasteiger charge is -2.40. The molecule has 0 aliphatic carbocycles. The molecule has 1 aliphatic heterocycles. The minimum atomic E-state index is -4.57. The van der Waals surface area contributed by atoms with Gasteiger partial charge in [0.2, 0.25) is 5.91 Å². The minimum Gasteiger partial charge on any atom is -0.352 e. The van der Waals surface area contributed by atoms with E-state index in [1.807, 2.05) is 0 Å². The van der Waals surface area contributed by atoms with E-state index in [2.05, 4.69) is 15.3 Å². The largest absolute Gasteiger partial charge is 0.408 e. The maximum atomic E-state index is 13.2. The molecule has 23 heavy (non-hydrogen) atoms. The monoisotopic (exact) mass is 350 g/mol. The number of piperidine rings is 1. The molecule has 0 saturated carbocycles. The van der Waals surface area contributed by atoms with E-state index in [0.717, 1.165) is 12.5 Å². The highest BCUT2D eigenvalue weighted by atomic mass is 35.5. The zero-order chi connectivity index (χ0) is 17.2. The van der Waals surface area contributed by atoms with Gasteiger partial charge in [-0.25, -0.2) is 9.97 Å². The molecule has 0 unspecified atom stereocenters. The van der Waals surface area contributed by atoms with Crippen LogP contribution in [-0.4, -0.2) is 51.5 Å². The van der Waals surface area contributed by atoms with Crippen LogP contribution in [0.4, 0.5) is 13.2 Å². The number of nitrogens with one attached hydrogen (secondary N) is 1. The van der Waals surface area contributed by atoms with E-state index in [1.165, 1.54) is 6.92 Å². The third-order valence-electron chi connectivity index (χ3n) is 3.50. The molecule has 0 radical (unpaired) electrons. The summed E-state index contributed by atoms with van der Waals surface area (Å²) in [5, 5.41) is 2.41. The number of nitrogens with zero attached hydrogens (tertiary/aromatic N) is 3. The number of aromatic nitrogens is 2. The Bertz CT molecular complexity index is 611. The summed E-state index contributed by atoms with van der Waals surface area (Å²) in [6.45, 7) is 1.01. The molecule has 1 saturated heterocycles. The molecule has 1 aromatic heterocycles. The quantitative estimate of drug-likeness (QED) is 0.882. The fraction of sp³-hybridized carbons (Fsp3) is 0.538. The Kier molecular flexibility index (Phi) is 5.08. The second-order valence-corrected chi connectivity index (χ2v) is 5.62. The first-order chi connectivity index (χ1) is 10.7. The molecule has 2 heterocycles. The second-order valence-electron chi connectivity index (χ2n) is 5.21. The van der Waals surface area contributed by atoms with Crippen LogP contribution < -0.4 is 5.32 Å². The minimum absolute atomic E-state index is 0.125. The molecule has 2 atom stereocenters. The summed E-state index contributed by atoms with van der Waals surface area (Å²) >= 11 is 5.80. The topological polar surface area (TPSA) is 75.2 Å². The zero-order valence-electron chi connectivity index (χ0n) is 12.1. The summed E-state index contributed by atoms with van der Waals surface area (Å²) in [6.07, 6.45) is -2.57. The molecular formula is C13H14ClF3N4O2. The van der Waals surface area contributed by atoms with Gasteiger partial charge in [-0.2, -0.15) is 13.2 Å². The van der Waals surface area contributed by atoms with Crippen molar-refractivity contribution >= 4 is 23.4 Å². The normalized spacial score (nSPS) is 21.9. The van der Waals surface area contributed by atoms with Crippen LogP contribution in [0.3, 0.4) is 0 Å². The SMILES string of the molecule is CC(=O)N[C@H]1CC[C@H](C(F)(F)F)N(C(=O)c2ncncc2Cl)C1. The van der Waals surface area contributed by atoms with Gasteiger partial charge in [0.05, 0.1) is 5.02 Å². The first kappa shape index (κ1) is 17.5. The Morgan fingerprint density at radius 1 is 1.39 bits per heavy atom. The van der Waals surface area contributed by atoms with Gasteiger partial charge < -0.3 is 10.2 Å². The Labute approximate surface area is 135 Å². The first-order valence-electron chi connectivity index (χ1n) is 6.80. The number of carbonyl (C=O) groups is 2. The average Bonchev–Trinajstić information content (AvgIpc) is 2.45. The lowest BCUT2D eigenvalue weighted by Crippen LogP contribution is -2.58. The highest BCUT2D eigenvalue weighted by Gasteiger charge is 2.48. The maximum absolute atomic E-state index is 13.2. The molecule has 1 aliphatic rings. The Hall–Kier alpha value is -1.90. The average molecular weight is 351 g/mol. The van der Waals surface area contributed by atoms with Crippen LogP contribution in [-0.2, 0) is 4.79 Å². The number of carbonyl (C=O) groups excluding carboxylic acids is 2. The number of halogens is 4. The fourth-order valence-electron chi connectivity index (χ4n) is 2.55. The number of rotatable bonds is 2. The predicted molar refractivity (Wildman–Crippen MR) is 74.8 cm³/mol. The lowest BCUT2D eigenvalue weighted by atomic mass is 9.97. The first-order valence-corrected chi connectivity index (χ1v) is 7.18. The number of hydrogen-bond donors (Lipinski definition) is 1. The van der Waals surface area contributed by atoms with Gasteiger partial charge in [-0.15, -0.1) is 0 Å². The van der Waals surface area contributed by atoms with Crippen molar-refractivity contribution in [3.63, 3.8) is 0 Å². The van der Waals surface area contributed by atoms with Crippen molar-refractivity contribution in [2.75, 3.05) is 6.54 Å². The molecule has 126 valence electrons. The number of hydrogen-bond acceptors (Lipinski definition) is 4. The number of alkyl halides is 3. The predicted octanol–water partition coefficient (Wildman–Crippen LogP) is 1.80. The highest BCUT2D eigenvalue weighted by Crippen LogP contribution is 2.33. The van der Waals surface area contributed by atoms with Gasteiger partial charge in [-0.05, 0) is 12.8 Å². The Morgan fingerprint density at radius 3 is 2.65 bits per heavy atom. The Balaban J connectivity index is 2.29. The highest BCUT2D eigenvalue weighted by molar-refractivity contribution is 6.33. The van der Waals surface area contributed by atoms with Gasteiger partial charge >= 0.3 is 6.18 Å². The molecule has 0 spiro atoms. The van der Waals surface area contributed by atoms with E-state index in [4.69, 9.17) is 11.6 Å². The van der Waals surface area contributed by atoms with Crippen LogP contribution in [0, 0.1) is 0 Å². The molecule has 0 aromatic carbocycles. The molecule has 6 nitrogen and oxygen atoms in total. The van der Waals surface area contributed by atoms with Gasteiger partial charge in [0.1, 0.15) is 18.1 Å². The van der Waals surface area contributed by atoms with Crippen LogP contribution in [0.2, 0.25) is 5.02 Å². The molecular weight excluding hydrogens is 337 g/mol. The van der Waals surface area contributed by atoms with Crippen LogP contribution in [0.1, 0.15) is 30.3 Å². The van der Waals surface area contributed by atoms with Crippen LogP contribution in [0.5, 0.6) is 0 Å². The molecule has 1 N–H and O–H groups in total. The van der Waals surface area contributed by atoms with Crippen LogP contribution in [0.25, 0.3) is 0 Å². The lowest BCUT2D eigenvalue weighted by molar-refractivity contribution is -0.184. The fourth-order valence-corrected chi connectivity index (χ4v) is 2.73. The molecule has 2 amide bonds. The third-order valence-corrected chi connectivity index (χ3v) is 3.77. The van der Waals surface area contributed by atoms with Crippen LogP contribution in [0.15, 0.2) is 12.5 Å². The smallest absolute Gasteiger partial charge is 0.352 e. The summed E-state index contributed by atoms with van der Waals surface area (Å²) < 4.78 is 39.6. The molecule has 1 fully saturated rings. The second kappa shape index (κ2) is 6.69. The van der Waals surface area contributed by atoms with E-state index in [9.17, 15) is 22.8 Å². The van der Waals surface area contributed by atoms with Crippen molar-refractivity contribution in [3.05, 3.63) is 23.2 Å². The third kappa shape index (κ3) is 4.10.